The van der Waals surface area contributed by atoms with Crippen molar-refractivity contribution < 1.29 is 0 Å². The van der Waals surface area contributed by atoms with Gasteiger partial charge in [-0.05, 0) is 56.2 Å². The largest absolute Gasteiger partial charge is 0.357 e. The molecule has 0 spiro atoms. The van der Waals surface area contributed by atoms with Crippen molar-refractivity contribution in [2.24, 2.45) is 0 Å². The topological polar surface area (TPSA) is 16.1 Å². The van der Waals surface area contributed by atoms with Crippen molar-refractivity contribution in [3.05, 3.63) is 23.4 Å². The zero-order valence-corrected chi connectivity index (χ0v) is 12.6. The van der Waals surface area contributed by atoms with E-state index in [-0.39, 0.29) is 0 Å². The van der Waals surface area contributed by atoms with Gasteiger partial charge in [-0.25, -0.2) is 4.98 Å². The molecule has 0 aliphatic carbocycles. The number of anilines is 1. The summed E-state index contributed by atoms with van der Waals surface area (Å²) in [7, 11) is 0. The summed E-state index contributed by atoms with van der Waals surface area (Å²) in [6.07, 6.45) is 10.1. The minimum Gasteiger partial charge on any atom is -0.357 e. The van der Waals surface area contributed by atoms with Crippen molar-refractivity contribution in [2.75, 3.05) is 18.0 Å². The second kappa shape index (κ2) is 7.52. The molecule has 0 atom stereocenters. The number of nitrogens with zero attached hydrogens (tertiary/aromatic N) is 2. The number of hydrogen-bond acceptors (Lipinski definition) is 2. The molecular weight excluding hydrogens is 232 g/mol. The third-order valence-electron chi connectivity index (χ3n) is 3.96. The molecule has 2 heteroatoms. The van der Waals surface area contributed by atoms with Crippen LogP contribution in [0.1, 0.15) is 63.6 Å². The van der Waals surface area contributed by atoms with Crippen LogP contribution in [0, 0.1) is 0 Å². The van der Waals surface area contributed by atoms with Gasteiger partial charge in [-0.15, -0.1) is 0 Å². The molecule has 1 saturated heterocycles. The molecule has 1 aliphatic rings. The van der Waals surface area contributed by atoms with E-state index in [0.29, 0.717) is 0 Å². The Morgan fingerprint density at radius 2 is 1.68 bits per heavy atom. The van der Waals surface area contributed by atoms with Crippen LogP contribution in [0.2, 0.25) is 0 Å². The molecule has 106 valence electrons. The van der Waals surface area contributed by atoms with Gasteiger partial charge >= 0.3 is 0 Å². The van der Waals surface area contributed by atoms with Gasteiger partial charge in [0.2, 0.25) is 0 Å². The first-order valence-corrected chi connectivity index (χ1v) is 8.08. The number of aromatic nitrogens is 1. The van der Waals surface area contributed by atoms with Crippen molar-refractivity contribution in [3.8, 4) is 0 Å². The van der Waals surface area contributed by atoms with Gasteiger partial charge in [0.25, 0.3) is 0 Å². The van der Waals surface area contributed by atoms with Gasteiger partial charge in [0.05, 0.1) is 0 Å². The number of pyridine rings is 1. The van der Waals surface area contributed by atoms with Gasteiger partial charge in [0.15, 0.2) is 0 Å². The van der Waals surface area contributed by atoms with Crippen LogP contribution < -0.4 is 4.90 Å². The molecule has 0 N–H and O–H groups in total. The average Bonchev–Trinajstić information content (AvgIpc) is 2.97. The highest BCUT2D eigenvalue weighted by molar-refractivity contribution is 5.43. The molecule has 2 heterocycles. The highest BCUT2D eigenvalue weighted by Gasteiger charge is 2.14. The van der Waals surface area contributed by atoms with Crippen LogP contribution in [0.25, 0.3) is 0 Å². The third-order valence-corrected chi connectivity index (χ3v) is 3.96. The van der Waals surface area contributed by atoms with Gasteiger partial charge in [0.1, 0.15) is 5.82 Å². The zero-order chi connectivity index (χ0) is 13.5. The fraction of sp³-hybridized carbons (Fsp3) is 0.706. The maximum absolute atomic E-state index is 4.89. The molecule has 0 saturated carbocycles. The van der Waals surface area contributed by atoms with Crippen molar-refractivity contribution in [1.29, 1.82) is 0 Å². The molecule has 1 aromatic rings. The second-order valence-corrected chi connectivity index (χ2v) is 5.73. The van der Waals surface area contributed by atoms with E-state index >= 15 is 0 Å². The molecule has 1 fully saturated rings. The molecule has 0 amide bonds. The van der Waals surface area contributed by atoms with Crippen LogP contribution in [-0.4, -0.2) is 18.1 Å². The summed E-state index contributed by atoms with van der Waals surface area (Å²) in [5.41, 5.74) is 2.79. The van der Waals surface area contributed by atoms with Gasteiger partial charge in [-0.3, -0.25) is 0 Å². The number of hydrogen-bond donors (Lipinski definition) is 0. The molecule has 1 aliphatic heterocycles. The molecule has 19 heavy (non-hydrogen) atoms. The third kappa shape index (κ3) is 4.22. The molecule has 2 nitrogen and oxygen atoms in total. The van der Waals surface area contributed by atoms with Crippen molar-refractivity contribution in [2.45, 2.75) is 65.2 Å². The van der Waals surface area contributed by atoms with E-state index in [2.05, 4.69) is 30.9 Å². The monoisotopic (exact) mass is 260 g/mol. The normalized spacial score (nSPS) is 15.2. The highest BCUT2D eigenvalue weighted by atomic mass is 15.2. The Bertz CT molecular complexity index is 355. The average molecular weight is 260 g/mol. The van der Waals surface area contributed by atoms with Gasteiger partial charge in [0, 0.05) is 18.8 Å². The maximum Gasteiger partial charge on any atom is 0.129 e. The summed E-state index contributed by atoms with van der Waals surface area (Å²) < 4.78 is 0. The van der Waals surface area contributed by atoms with E-state index in [9.17, 15) is 0 Å². The Kier molecular flexibility index (Phi) is 5.68. The summed E-state index contributed by atoms with van der Waals surface area (Å²) >= 11 is 0. The summed E-state index contributed by atoms with van der Waals surface area (Å²) in [4.78, 5) is 7.35. The number of unbranched alkanes of at least 4 members (excludes halogenated alkanes) is 2. The van der Waals surface area contributed by atoms with Crippen LogP contribution in [0.5, 0.6) is 0 Å². The van der Waals surface area contributed by atoms with E-state index in [4.69, 9.17) is 4.98 Å². The molecule has 0 bridgehead atoms. The Morgan fingerprint density at radius 3 is 2.37 bits per heavy atom. The lowest BCUT2D eigenvalue weighted by molar-refractivity contribution is 0.760. The van der Waals surface area contributed by atoms with E-state index < -0.39 is 0 Å². The maximum atomic E-state index is 4.89. The first-order valence-electron chi connectivity index (χ1n) is 8.08. The van der Waals surface area contributed by atoms with Gasteiger partial charge in [-0.1, -0.05) is 26.7 Å². The van der Waals surface area contributed by atoms with Crippen molar-refractivity contribution >= 4 is 5.82 Å². The fourth-order valence-corrected chi connectivity index (χ4v) is 2.75. The molecule has 0 radical (unpaired) electrons. The van der Waals surface area contributed by atoms with Crippen LogP contribution in [-0.2, 0) is 12.8 Å². The highest BCUT2D eigenvalue weighted by Crippen LogP contribution is 2.21. The van der Waals surface area contributed by atoms with Crippen LogP contribution in [0.4, 0.5) is 5.82 Å². The Labute approximate surface area is 118 Å². The summed E-state index contributed by atoms with van der Waals surface area (Å²) in [5.74, 6) is 1.23. The smallest absolute Gasteiger partial charge is 0.129 e. The Hall–Kier alpha value is -1.05. The van der Waals surface area contributed by atoms with Crippen molar-refractivity contribution in [1.82, 2.24) is 4.98 Å². The lowest BCUT2D eigenvalue weighted by Crippen LogP contribution is -2.19. The van der Waals surface area contributed by atoms with E-state index in [1.165, 1.54) is 75.1 Å². The molecule has 0 unspecified atom stereocenters. The Morgan fingerprint density at radius 1 is 1.00 bits per heavy atom. The lowest BCUT2D eigenvalue weighted by atomic mass is 10.1. The van der Waals surface area contributed by atoms with Crippen LogP contribution in [0.15, 0.2) is 12.1 Å². The minimum atomic E-state index is 1.14. The Balaban J connectivity index is 2.14. The SMILES string of the molecule is CCCCc1cc(CCCC)nc(N2CCCC2)c1. The van der Waals surface area contributed by atoms with E-state index in [1.807, 2.05) is 0 Å². The quantitative estimate of drug-likeness (QED) is 0.724. The predicted molar refractivity (Wildman–Crippen MR) is 82.9 cm³/mol. The summed E-state index contributed by atoms with van der Waals surface area (Å²) in [6.45, 7) is 6.90. The predicted octanol–water partition coefficient (Wildman–Crippen LogP) is 4.37. The summed E-state index contributed by atoms with van der Waals surface area (Å²) in [5, 5.41) is 0. The number of aryl methyl sites for hydroxylation is 2. The van der Waals surface area contributed by atoms with Crippen LogP contribution >= 0.6 is 0 Å². The molecule has 0 aromatic carbocycles. The van der Waals surface area contributed by atoms with E-state index in [0.717, 1.165) is 6.42 Å². The lowest BCUT2D eigenvalue weighted by Gasteiger charge is -2.18. The summed E-state index contributed by atoms with van der Waals surface area (Å²) in [6, 6.07) is 4.67. The molecular formula is C17H28N2. The fourth-order valence-electron chi connectivity index (χ4n) is 2.75. The second-order valence-electron chi connectivity index (χ2n) is 5.73. The molecule has 1 aromatic heterocycles. The minimum absolute atomic E-state index is 1.14. The number of rotatable bonds is 7. The standard InChI is InChI=1S/C17H28N2/c1-3-5-9-15-13-16(10-6-4-2)18-17(14-15)19-11-7-8-12-19/h13-14H,3-12H2,1-2H3. The molecule has 2 rings (SSSR count). The van der Waals surface area contributed by atoms with Gasteiger partial charge < -0.3 is 4.90 Å². The van der Waals surface area contributed by atoms with Crippen LogP contribution in [0.3, 0.4) is 0 Å². The first kappa shape index (κ1) is 14.4. The van der Waals surface area contributed by atoms with Gasteiger partial charge in [-0.2, -0.15) is 0 Å². The first-order chi connectivity index (χ1) is 9.33. The van der Waals surface area contributed by atoms with E-state index in [1.54, 1.807) is 0 Å². The zero-order valence-electron chi connectivity index (χ0n) is 12.6. The van der Waals surface area contributed by atoms with Crippen molar-refractivity contribution in [3.63, 3.8) is 0 Å².